The molecule has 0 aromatic heterocycles. The lowest BCUT2D eigenvalue weighted by atomic mass is 9.40. The normalized spacial score (nSPS) is 47.5. The van der Waals surface area contributed by atoms with Crippen molar-refractivity contribution in [2.75, 3.05) is 20.1 Å². The number of carbonyl (C=O) groups excluding carboxylic acids is 1. The fourth-order valence-electron chi connectivity index (χ4n) is 6.39. The third-order valence-corrected chi connectivity index (χ3v) is 5.89. The van der Waals surface area contributed by atoms with Crippen LogP contribution in [-0.4, -0.2) is 30.9 Å². The smallest absolute Gasteiger partial charge is 0.228 e. The predicted octanol–water partition coefficient (Wildman–Crippen LogP) is 2.40. The molecule has 2 N–H and O–H groups in total. The zero-order valence-corrected chi connectivity index (χ0v) is 12.7. The zero-order valence-electron chi connectivity index (χ0n) is 12.7. The minimum atomic E-state index is -0.0627. The summed E-state index contributed by atoms with van der Waals surface area (Å²) in [4.78, 5) is 14.8. The molecule has 4 aliphatic rings. The van der Waals surface area contributed by atoms with Gasteiger partial charge >= 0.3 is 0 Å². The maximum Gasteiger partial charge on any atom is 0.228 e. The van der Waals surface area contributed by atoms with E-state index < -0.39 is 0 Å². The molecule has 0 aromatic carbocycles. The molecule has 4 fully saturated rings. The number of hydrogen-bond acceptors (Lipinski definition) is 2. The molecule has 19 heavy (non-hydrogen) atoms. The van der Waals surface area contributed by atoms with Crippen LogP contribution >= 0.6 is 0 Å². The number of amides is 1. The molecule has 4 bridgehead atoms. The van der Waals surface area contributed by atoms with Crippen molar-refractivity contribution in [3.63, 3.8) is 0 Å². The third-order valence-electron chi connectivity index (χ3n) is 5.89. The van der Waals surface area contributed by atoms with E-state index in [1.54, 1.807) is 0 Å². The predicted molar refractivity (Wildman–Crippen MR) is 76.5 cm³/mol. The van der Waals surface area contributed by atoms with Gasteiger partial charge in [0, 0.05) is 20.1 Å². The van der Waals surface area contributed by atoms with Crippen LogP contribution in [0.25, 0.3) is 0 Å². The summed E-state index contributed by atoms with van der Waals surface area (Å²) in [5.41, 5.74) is 6.37. The van der Waals surface area contributed by atoms with Crippen molar-refractivity contribution in [1.29, 1.82) is 0 Å². The van der Waals surface area contributed by atoms with Gasteiger partial charge in [0.1, 0.15) is 0 Å². The van der Waals surface area contributed by atoms with E-state index >= 15 is 0 Å². The van der Waals surface area contributed by atoms with Crippen molar-refractivity contribution < 1.29 is 4.79 Å². The van der Waals surface area contributed by atoms with Crippen LogP contribution in [0.3, 0.4) is 0 Å². The van der Waals surface area contributed by atoms with Crippen LogP contribution in [0.5, 0.6) is 0 Å². The van der Waals surface area contributed by atoms with Gasteiger partial charge in [-0.05, 0) is 55.3 Å². The summed E-state index contributed by atoms with van der Waals surface area (Å²) in [5, 5.41) is 0. The molecule has 0 aromatic rings. The van der Waals surface area contributed by atoms with Crippen LogP contribution in [0.1, 0.15) is 52.4 Å². The average molecular weight is 264 g/mol. The van der Waals surface area contributed by atoms with E-state index in [0.29, 0.717) is 29.8 Å². The number of hydrogen-bond donors (Lipinski definition) is 1. The molecule has 1 amide bonds. The van der Waals surface area contributed by atoms with Gasteiger partial charge in [0.2, 0.25) is 5.91 Å². The van der Waals surface area contributed by atoms with Gasteiger partial charge in [-0.15, -0.1) is 0 Å². The molecule has 3 nitrogen and oxygen atoms in total. The Balaban J connectivity index is 1.90. The highest BCUT2D eigenvalue weighted by Gasteiger charge is 2.63. The first-order valence-electron chi connectivity index (χ1n) is 7.76. The van der Waals surface area contributed by atoms with Gasteiger partial charge in [-0.2, -0.15) is 0 Å². The summed E-state index contributed by atoms with van der Waals surface area (Å²) in [6, 6.07) is 0. The molecule has 0 heterocycles. The molecule has 0 radical (unpaired) electrons. The van der Waals surface area contributed by atoms with Crippen molar-refractivity contribution in [1.82, 2.24) is 4.90 Å². The average Bonchev–Trinajstić information content (AvgIpc) is 2.23. The monoisotopic (exact) mass is 264 g/mol. The Labute approximate surface area is 116 Å². The van der Waals surface area contributed by atoms with Crippen LogP contribution in [-0.2, 0) is 4.79 Å². The fraction of sp³-hybridized carbons (Fsp3) is 0.938. The van der Waals surface area contributed by atoms with E-state index in [0.717, 1.165) is 25.2 Å². The second kappa shape index (κ2) is 3.97. The number of nitrogens with two attached hydrogens (primary N) is 1. The second-order valence-electron chi connectivity index (χ2n) is 8.43. The van der Waals surface area contributed by atoms with Crippen LogP contribution in [0.15, 0.2) is 0 Å². The van der Waals surface area contributed by atoms with Gasteiger partial charge in [0.15, 0.2) is 0 Å². The van der Waals surface area contributed by atoms with Crippen molar-refractivity contribution in [2.45, 2.75) is 52.4 Å². The molecule has 4 aliphatic carbocycles. The number of likely N-dealkylation sites (N-methyl/N-ethyl adjacent to an activating group) is 1. The maximum atomic E-state index is 12.9. The molecular weight excluding hydrogens is 236 g/mol. The summed E-state index contributed by atoms with van der Waals surface area (Å²) >= 11 is 0. The van der Waals surface area contributed by atoms with Crippen LogP contribution < -0.4 is 5.73 Å². The lowest BCUT2D eigenvalue weighted by Crippen LogP contribution is -2.60. The zero-order chi connectivity index (χ0) is 13.9. The van der Waals surface area contributed by atoms with Gasteiger partial charge in [-0.1, -0.05) is 13.8 Å². The Morgan fingerprint density at radius 1 is 1.16 bits per heavy atom. The fourth-order valence-corrected chi connectivity index (χ4v) is 6.39. The van der Waals surface area contributed by atoms with Gasteiger partial charge < -0.3 is 10.6 Å². The van der Waals surface area contributed by atoms with Gasteiger partial charge in [0.05, 0.1) is 5.41 Å². The van der Waals surface area contributed by atoms with E-state index in [2.05, 4.69) is 13.8 Å². The Kier molecular flexibility index (Phi) is 2.80. The quantitative estimate of drug-likeness (QED) is 0.851. The van der Waals surface area contributed by atoms with E-state index in [-0.39, 0.29) is 5.41 Å². The van der Waals surface area contributed by atoms with Crippen molar-refractivity contribution in [3.05, 3.63) is 0 Å². The van der Waals surface area contributed by atoms with E-state index in [9.17, 15) is 4.79 Å². The highest BCUT2D eigenvalue weighted by molar-refractivity contribution is 5.83. The van der Waals surface area contributed by atoms with Gasteiger partial charge in [-0.25, -0.2) is 0 Å². The minimum Gasteiger partial charge on any atom is -0.344 e. The molecule has 0 aliphatic heterocycles. The van der Waals surface area contributed by atoms with E-state index in [1.807, 2.05) is 11.9 Å². The third kappa shape index (κ3) is 2.01. The highest BCUT2D eigenvalue weighted by atomic mass is 16.2. The van der Waals surface area contributed by atoms with Crippen LogP contribution in [0.2, 0.25) is 0 Å². The topological polar surface area (TPSA) is 46.3 Å². The van der Waals surface area contributed by atoms with Crippen molar-refractivity contribution in [2.24, 2.45) is 27.9 Å². The van der Waals surface area contributed by atoms with Crippen molar-refractivity contribution >= 4 is 5.91 Å². The van der Waals surface area contributed by atoms with Crippen LogP contribution in [0, 0.1) is 22.2 Å². The number of nitrogens with zero attached hydrogens (tertiary/aromatic N) is 1. The Morgan fingerprint density at radius 3 is 2.21 bits per heavy atom. The molecule has 108 valence electrons. The lowest BCUT2D eigenvalue weighted by molar-refractivity contribution is -0.178. The first-order valence-corrected chi connectivity index (χ1v) is 7.76. The first-order chi connectivity index (χ1) is 8.80. The van der Waals surface area contributed by atoms with E-state index in [1.165, 1.54) is 19.3 Å². The number of carbonyl (C=O) groups is 1. The molecule has 4 rings (SSSR count). The SMILES string of the molecule is CN(CCN)C(=O)C12CC3CC(C)(CC(C)(C3)C1)C2. The Hall–Kier alpha value is -0.570. The standard InChI is InChI=1S/C16H28N2O/c1-14-6-12-7-15(2,9-14)11-16(8-12,10-14)13(19)18(3)5-4-17/h12H,4-11,17H2,1-3H3. The molecule has 0 saturated heterocycles. The Bertz CT molecular complexity index is 388. The molecule has 2 unspecified atom stereocenters. The van der Waals surface area contributed by atoms with Crippen LogP contribution in [0.4, 0.5) is 0 Å². The first kappa shape index (κ1) is 13.4. The highest BCUT2D eigenvalue weighted by Crippen LogP contribution is 2.69. The summed E-state index contributed by atoms with van der Waals surface area (Å²) in [5.74, 6) is 1.15. The second-order valence-corrected chi connectivity index (χ2v) is 8.43. The molecule has 3 heteroatoms. The van der Waals surface area contributed by atoms with Gasteiger partial charge in [-0.3, -0.25) is 4.79 Å². The van der Waals surface area contributed by atoms with E-state index in [4.69, 9.17) is 5.73 Å². The summed E-state index contributed by atoms with van der Waals surface area (Å²) < 4.78 is 0. The largest absolute Gasteiger partial charge is 0.344 e. The Morgan fingerprint density at radius 2 is 1.74 bits per heavy atom. The molecular formula is C16H28N2O. The maximum absolute atomic E-state index is 12.9. The molecule has 0 spiro atoms. The van der Waals surface area contributed by atoms with Gasteiger partial charge in [0.25, 0.3) is 0 Å². The minimum absolute atomic E-state index is 0.0627. The lowest BCUT2D eigenvalue weighted by Gasteiger charge is -2.65. The molecule has 2 atom stereocenters. The number of rotatable bonds is 3. The molecule has 4 saturated carbocycles. The summed E-state index contributed by atoms with van der Waals surface area (Å²) in [6.45, 7) is 6.09. The summed E-state index contributed by atoms with van der Waals surface area (Å²) in [7, 11) is 1.93. The summed E-state index contributed by atoms with van der Waals surface area (Å²) in [6.07, 6.45) is 7.37. The van der Waals surface area contributed by atoms with Crippen molar-refractivity contribution in [3.8, 4) is 0 Å².